The zero-order valence-electron chi connectivity index (χ0n) is 21.5. The fourth-order valence-electron chi connectivity index (χ4n) is 8.42. The first-order chi connectivity index (χ1) is 16.5. The Hall–Kier alpha value is -1.89. The molecule has 35 heavy (non-hydrogen) atoms. The third-order valence-corrected chi connectivity index (χ3v) is 11.5. The molecule has 4 fully saturated rings. The van der Waals surface area contributed by atoms with Crippen LogP contribution in [0, 0.1) is 41.4 Å². The molecule has 1 aromatic carbocycles. The van der Waals surface area contributed by atoms with E-state index >= 15 is 0 Å². The second-order valence-electron chi connectivity index (χ2n) is 12.1. The summed E-state index contributed by atoms with van der Waals surface area (Å²) in [7, 11) is -3.67. The van der Waals surface area contributed by atoms with Crippen molar-refractivity contribution in [2.75, 3.05) is 0 Å². The van der Waals surface area contributed by atoms with Gasteiger partial charge in [0, 0.05) is 18.1 Å². The fraction of sp³-hybridized carbons (Fsp3) is 0.714. The summed E-state index contributed by atoms with van der Waals surface area (Å²) in [6.07, 6.45) is 9.84. The largest absolute Gasteiger partial charge is 0.463 e. The first-order valence-corrected chi connectivity index (χ1v) is 14.8. The number of sulfonamides is 1. The van der Waals surface area contributed by atoms with E-state index in [4.69, 9.17) is 4.74 Å². The summed E-state index contributed by atoms with van der Waals surface area (Å²) in [6.45, 7) is 8.29. The Morgan fingerprint density at radius 1 is 1.03 bits per heavy atom. The van der Waals surface area contributed by atoms with E-state index in [0.717, 1.165) is 49.8 Å². The van der Waals surface area contributed by atoms with Gasteiger partial charge in [0.1, 0.15) is 6.10 Å². The maximum Gasteiger partial charge on any atom is 0.302 e. The predicted octanol–water partition coefficient (Wildman–Crippen LogP) is 5.60. The molecule has 0 amide bonds. The number of benzene rings is 1. The summed E-state index contributed by atoms with van der Waals surface area (Å²) in [5.74, 6) is 2.40. The van der Waals surface area contributed by atoms with Crippen molar-refractivity contribution in [3.63, 3.8) is 0 Å². The normalized spacial score (nSPS) is 39.9. The van der Waals surface area contributed by atoms with Crippen molar-refractivity contribution in [3.05, 3.63) is 29.8 Å². The Bertz CT molecular complexity index is 1110. The molecule has 1 aromatic rings. The first-order valence-electron chi connectivity index (χ1n) is 13.4. The third-order valence-electron chi connectivity index (χ3n) is 10.3. The van der Waals surface area contributed by atoms with Crippen LogP contribution >= 0.6 is 0 Å². The van der Waals surface area contributed by atoms with Crippen LogP contribution in [0.1, 0.15) is 84.1 Å². The van der Waals surface area contributed by atoms with Gasteiger partial charge in [0.2, 0.25) is 0 Å². The van der Waals surface area contributed by atoms with E-state index in [2.05, 4.69) is 23.8 Å². The minimum Gasteiger partial charge on any atom is -0.463 e. The van der Waals surface area contributed by atoms with E-state index < -0.39 is 10.0 Å². The van der Waals surface area contributed by atoms with Gasteiger partial charge in [-0.05, 0) is 106 Å². The Morgan fingerprint density at radius 2 is 1.77 bits per heavy atom. The van der Waals surface area contributed by atoms with Crippen molar-refractivity contribution < 1.29 is 17.9 Å². The zero-order chi connectivity index (χ0) is 25.0. The molecule has 0 aromatic heterocycles. The quantitative estimate of drug-likeness (QED) is 0.431. The van der Waals surface area contributed by atoms with E-state index in [1.54, 1.807) is 12.1 Å². The first kappa shape index (κ1) is 24.8. The van der Waals surface area contributed by atoms with Crippen LogP contribution in [0.25, 0.3) is 0 Å². The van der Waals surface area contributed by atoms with Crippen LogP contribution in [0.15, 0.2) is 34.3 Å². The van der Waals surface area contributed by atoms with Crippen LogP contribution in [-0.2, 0) is 19.6 Å². The number of fused-ring (bicyclic) bond motifs is 5. The molecular weight excluding hydrogens is 460 g/mol. The molecule has 4 aliphatic carbocycles. The Balaban J connectivity index is 1.31. The molecule has 0 radical (unpaired) electrons. The number of hydrogen-bond donors (Lipinski definition) is 1. The minimum atomic E-state index is -3.67. The minimum absolute atomic E-state index is 0.0326. The lowest BCUT2D eigenvalue weighted by molar-refractivity contribution is -0.158. The number of hydrazone groups is 1. The van der Waals surface area contributed by atoms with Gasteiger partial charge in [0.25, 0.3) is 10.0 Å². The van der Waals surface area contributed by atoms with Crippen LogP contribution in [0.5, 0.6) is 0 Å². The van der Waals surface area contributed by atoms with Crippen LogP contribution < -0.4 is 4.83 Å². The van der Waals surface area contributed by atoms with Gasteiger partial charge in [-0.1, -0.05) is 31.5 Å². The maximum absolute atomic E-state index is 12.8. The van der Waals surface area contributed by atoms with Crippen molar-refractivity contribution in [3.8, 4) is 0 Å². The maximum atomic E-state index is 12.8. The standard InChI is InChI=1S/C28H40N2O4S/c1-18-5-8-22(9-6-18)35(32,33)30-29-26-12-11-24-23-10-7-20-17-21(34-19(2)31)13-15-27(20,3)25(23)14-16-28(24,26)4/h5-6,8-9,20-21,23-25,30H,7,10-17H2,1-4H3/b29-26-/t20-,21+,23-,24-,25-,27-,28-/m0/s1. The van der Waals surface area contributed by atoms with Gasteiger partial charge in [-0.15, -0.1) is 0 Å². The smallest absolute Gasteiger partial charge is 0.302 e. The molecule has 0 aliphatic heterocycles. The van der Waals surface area contributed by atoms with Crippen LogP contribution in [0.3, 0.4) is 0 Å². The number of aryl methyl sites for hydroxylation is 1. The summed E-state index contributed by atoms with van der Waals surface area (Å²) in [5.41, 5.74) is 2.34. The number of hydrogen-bond acceptors (Lipinski definition) is 5. The molecule has 192 valence electrons. The van der Waals surface area contributed by atoms with Gasteiger partial charge in [-0.25, -0.2) is 4.83 Å². The number of ether oxygens (including phenoxy) is 1. The monoisotopic (exact) mass is 500 g/mol. The molecular formula is C28H40N2O4S. The zero-order valence-corrected chi connectivity index (χ0v) is 22.4. The highest BCUT2D eigenvalue weighted by Crippen LogP contribution is 2.65. The van der Waals surface area contributed by atoms with Crippen molar-refractivity contribution in [1.82, 2.24) is 4.83 Å². The molecule has 5 rings (SSSR count). The van der Waals surface area contributed by atoms with E-state index in [1.165, 1.54) is 26.2 Å². The number of carbonyl (C=O) groups is 1. The molecule has 0 saturated heterocycles. The highest BCUT2D eigenvalue weighted by Gasteiger charge is 2.59. The second kappa shape index (κ2) is 8.89. The third kappa shape index (κ3) is 4.32. The summed E-state index contributed by atoms with van der Waals surface area (Å²) in [5, 5.41) is 4.55. The van der Waals surface area contributed by atoms with Gasteiger partial charge in [-0.2, -0.15) is 13.5 Å². The molecule has 7 heteroatoms. The molecule has 0 bridgehead atoms. The van der Waals surface area contributed by atoms with Gasteiger partial charge in [0.05, 0.1) is 4.90 Å². The SMILES string of the molecule is CC(=O)O[C@@H]1CC[C@@]2(C)[C@@H](CC[C@@H]3[C@@H]2CC[C@]2(C)/C(=N\NS(=O)(=O)c4ccc(C)cc4)CC[C@@H]32)C1. The van der Waals surface area contributed by atoms with Gasteiger partial charge in [-0.3, -0.25) is 4.79 Å². The lowest BCUT2D eigenvalue weighted by Crippen LogP contribution is -2.54. The molecule has 4 saturated carbocycles. The van der Waals surface area contributed by atoms with Crippen molar-refractivity contribution >= 4 is 21.7 Å². The topological polar surface area (TPSA) is 84.8 Å². The Morgan fingerprint density at radius 3 is 2.49 bits per heavy atom. The lowest BCUT2D eigenvalue weighted by Gasteiger charge is -2.60. The number of rotatable bonds is 4. The number of esters is 1. The molecule has 6 nitrogen and oxygen atoms in total. The van der Waals surface area contributed by atoms with E-state index in [-0.39, 0.29) is 22.4 Å². The van der Waals surface area contributed by atoms with Crippen LogP contribution in [0.4, 0.5) is 0 Å². The number of nitrogens with zero attached hydrogens (tertiary/aromatic N) is 1. The molecule has 0 unspecified atom stereocenters. The predicted molar refractivity (Wildman–Crippen MR) is 136 cm³/mol. The van der Waals surface area contributed by atoms with Crippen LogP contribution in [-0.4, -0.2) is 26.2 Å². The van der Waals surface area contributed by atoms with Crippen LogP contribution in [0.2, 0.25) is 0 Å². The molecule has 0 spiro atoms. The lowest BCUT2D eigenvalue weighted by atomic mass is 9.45. The van der Waals surface area contributed by atoms with Gasteiger partial charge in [0.15, 0.2) is 0 Å². The second-order valence-corrected chi connectivity index (χ2v) is 13.8. The fourth-order valence-corrected chi connectivity index (χ4v) is 9.25. The van der Waals surface area contributed by atoms with Crippen molar-refractivity contribution in [1.29, 1.82) is 0 Å². The Kier molecular flexibility index (Phi) is 6.30. The average molecular weight is 501 g/mol. The van der Waals surface area contributed by atoms with E-state index in [9.17, 15) is 13.2 Å². The number of nitrogens with one attached hydrogen (secondary N) is 1. The summed E-state index contributed by atoms with van der Waals surface area (Å²) >= 11 is 0. The average Bonchev–Trinajstić information content (AvgIpc) is 3.14. The Labute approximate surface area is 210 Å². The highest BCUT2D eigenvalue weighted by atomic mass is 32.2. The van der Waals surface area contributed by atoms with Gasteiger partial charge < -0.3 is 4.74 Å². The summed E-state index contributed by atoms with van der Waals surface area (Å²) in [6, 6.07) is 6.90. The van der Waals surface area contributed by atoms with Crippen molar-refractivity contribution in [2.45, 2.75) is 96.5 Å². The molecule has 4 aliphatic rings. The number of carbonyl (C=O) groups excluding carboxylic acids is 1. The summed E-state index contributed by atoms with van der Waals surface area (Å²) < 4.78 is 31.3. The highest BCUT2D eigenvalue weighted by molar-refractivity contribution is 7.89. The molecule has 7 atom stereocenters. The van der Waals surface area contributed by atoms with Crippen molar-refractivity contribution in [2.24, 2.45) is 39.6 Å². The molecule has 1 N–H and O–H groups in total. The molecule has 0 heterocycles. The van der Waals surface area contributed by atoms with Gasteiger partial charge >= 0.3 is 5.97 Å². The summed E-state index contributed by atoms with van der Waals surface area (Å²) in [4.78, 5) is 14.3. The van der Waals surface area contributed by atoms with E-state index in [0.29, 0.717) is 29.1 Å². The van der Waals surface area contributed by atoms with E-state index in [1.807, 2.05) is 19.1 Å².